The normalized spacial score (nSPS) is 14.2. The first-order valence-corrected chi connectivity index (χ1v) is 6.40. The lowest BCUT2D eigenvalue weighted by Gasteiger charge is -2.09. The molecule has 86 valence electrons. The van der Waals surface area contributed by atoms with Crippen molar-refractivity contribution in [1.29, 1.82) is 0 Å². The van der Waals surface area contributed by atoms with Crippen LogP contribution in [0.5, 0.6) is 0 Å². The van der Waals surface area contributed by atoms with Crippen LogP contribution in [0.15, 0.2) is 0 Å². The molecule has 0 aromatic carbocycles. The molecule has 0 aliphatic heterocycles. The second-order valence-electron chi connectivity index (χ2n) is 3.29. The zero-order valence-corrected chi connectivity index (χ0v) is 9.26. The van der Waals surface area contributed by atoms with Crippen molar-refractivity contribution in [2.24, 2.45) is 0 Å². The Bertz CT molecular complexity index is 227. The Morgan fingerprint density at radius 3 is 2.57 bits per heavy atom. The third-order valence-electron chi connectivity index (χ3n) is 1.76. The summed E-state index contributed by atoms with van der Waals surface area (Å²) >= 11 is 0. The van der Waals surface area contributed by atoms with E-state index in [4.69, 9.17) is 4.55 Å². The SMILES string of the molecule is CCCC(O)CNCCCS(=O)(=O)O. The predicted molar refractivity (Wildman–Crippen MR) is 54.8 cm³/mol. The smallest absolute Gasteiger partial charge is 0.264 e. The summed E-state index contributed by atoms with van der Waals surface area (Å²) in [4.78, 5) is 0. The van der Waals surface area contributed by atoms with Crippen molar-refractivity contribution in [1.82, 2.24) is 5.32 Å². The number of aliphatic hydroxyl groups excluding tert-OH is 1. The first-order valence-electron chi connectivity index (χ1n) is 4.79. The molecule has 0 amide bonds. The zero-order valence-electron chi connectivity index (χ0n) is 8.44. The van der Waals surface area contributed by atoms with Crippen LogP contribution in [0.4, 0.5) is 0 Å². The maximum atomic E-state index is 10.3. The molecule has 0 fully saturated rings. The Balaban J connectivity index is 3.30. The summed E-state index contributed by atoms with van der Waals surface area (Å²) in [6, 6.07) is 0. The van der Waals surface area contributed by atoms with Crippen LogP contribution in [0.3, 0.4) is 0 Å². The van der Waals surface area contributed by atoms with E-state index >= 15 is 0 Å². The molecule has 14 heavy (non-hydrogen) atoms. The molecule has 0 radical (unpaired) electrons. The molecule has 0 aliphatic carbocycles. The molecule has 1 unspecified atom stereocenters. The summed E-state index contributed by atoms with van der Waals surface area (Å²) in [6.45, 7) is 2.95. The average Bonchev–Trinajstić information content (AvgIpc) is 2.02. The zero-order chi connectivity index (χ0) is 11.0. The van der Waals surface area contributed by atoms with Crippen LogP contribution in [0.25, 0.3) is 0 Å². The van der Waals surface area contributed by atoms with Gasteiger partial charge in [0.15, 0.2) is 0 Å². The monoisotopic (exact) mass is 225 g/mol. The highest BCUT2D eigenvalue weighted by Gasteiger charge is 2.04. The lowest BCUT2D eigenvalue weighted by atomic mass is 10.2. The number of rotatable bonds is 8. The summed E-state index contributed by atoms with van der Waals surface area (Å²) in [5, 5.41) is 12.2. The van der Waals surface area contributed by atoms with Crippen molar-refractivity contribution in [2.75, 3.05) is 18.8 Å². The van der Waals surface area contributed by atoms with Gasteiger partial charge in [0, 0.05) is 6.54 Å². The van der Waals surface area contributed by atoms with Gasteiger partial charge in [-0.05, 0) is 19.4 Å². The molecule has 0 bridgehead atoms. The summed E-state index contributed by atoms with van der Waals surface area (Å²) in [6.07, 6.45) is 1.65. The third-order valence-corrected chi connectivity index (χ3v) is 2.56. The van der Waals surface area contributed by atoms with E-state index in [9.17, 15) is 13.5 Å². The van der Waals surface area contributed by atoms with Crippen LogP contribution in [-0.4, -0.2) is 43.0 Å². The van der Waals surface area contributed by atoms with E-state index in [0.29, 0.717) is 19.5 Å². The standard InChI is InChI=1S/C8H19NO4S/c1-2-4-8(10)7-9-5-3-6-14(11,12)13/h8-10H,2-7H2,1H3,(H,11,12,13). The Morgan fingerprint density at radius 1 is 1.43 bits per heavy atom. The van der Waals surface area contributed by atoms with Crippen LogP contribution in [0, 0.1) is 0 Å². The van der Waals surface area contributed by atoms with Gasteiger partial charge in [0.2, 0.25) is 0 Å². The number of nitrogens with one attached hydrogen (secondary N) is 1. The molecular formula is C8H19NO4S. The summed E-state index contributed by atoms with van der Waals surface area (Å²) in [5.41, 5.74) is 0. The van der Waals surface area contributed by atoms with Crippen LogP contribution in [0.2, 0.25) is 0 Å². The number of hydrogen-bond acceptors (Lipinski definition) is 4. The largest absolute Gasteiger partial charge is 0.392 e. The molecular weight excluding hydrogens is 206 g/mol. The highest BCUT2D eigenvalue weighted by atomic mass is 32.2. The lowest BCUT2D eigenvalue weighted by Crippen LogP contribution is -2.28. The highest BCUT2D eigenvalue weighted by molar-refractivity contribution is 7.85. The van der Waals surface area contributed by atoms with Gasteiger partial charge in [-0.1, -0.05) is 13.3 Å². The Labute approximate surface area is 85.3 Å². The molecule has 0 spiro atoms. The van der Waals surface area contributed by atoms with Crippen LogP contribution in [0.1, 0.15) is 26.2 Å². The average molecular weight is 225 g/mol. The van der Waals surface area contributed by atoms with E-state index in [1.54, 1.807) is 0 Å². The topological polar surface area (TPSA) is 86.6 Å². The second-order valence-corrected chi connectivity index (χ2v) is 4.86. The minimum Gasteiger partial charge on any atom is -0.392 e. The molecule has 0 aromatic rings. The van der Waals surface area contributed by atoms with Crippen LogP contribution in [-0.2, 0) is 10.1 Å². The quantitative estimate of drug-likeness (QED) is 0.400. The molecule has 0 rings (SSSR count). The molecule has 0 saturated carbocycles. The van der Waals surface area contributed by atoms with Gasteiger partial charge in [-0.2, -0.15) is 8.42 Å². The molecule has 0 aliphatic rings. The van der Waals surface area contributed by atoms with E-state index in [1.807, 2.05) is 6.92 Å². The molecule has 1 atom stereocenters. The van der Waals surface area contributed by atoms with Crippen molar-refractivity contribution in [2.45, 2.75) is 32.3 Å². The minimum absolute atomic E-state index is 0.232. The third kappa shape index (κ3) is 9.91. The predicted octanol–water partition coefficient (Wildman–Crippen LogP) is 0.0149. The number of hydrogen-bond donors (Lipinski definition) is 3. The fourth-order valence-corrected chi connectivity index (χ4v) is 1.59. The van der Waals surface area contributed by atoms with E-state index in [0.717, 1.165) is 12.8 Å². The van der Waals surface area contributed by atoms with Gasteiger partial charge >= 0.3 is 0 Å². The van der Waals surface area contributed by atoms with E-state index in [2.05, 4.69) is 5.32 Å². The van der Waals surface area contributed by atoms with Gasteiger partial charge < -0.3 is 10.4 Å². The first-order chi connectivity index (χ1) is 6.45. The maximum absolute atomic E-state index is 10.3. The molecule has 5 nitrogen and oxygen atoms in total. The van der Waals surface area contributed by atoms with Gasteiger partial charge in [-0.15, -0.1) is 0 Å². The summed E-state index contributed by atoms with van der Waals surface area (Å²) in [5.74, 6) is -0.232. The van der Waals surface area contributed by atoms with Crippen LogP contribution < -0.4 is 5.32 Å². The minimum atomic E-state index is -3.84. The molecule has 0 aromatic heterocycles. The van der Waals surface area contributed by atoms with E-state index < -0.39 is 10.1 Å². The Hall–Kier alpha value is -0.170. The van der Waals surface area contributed by atoms with Crippen molar-refractivity contribution >= 4 is 10.1 Å². The number of aliphatic hydroxyl groups is 1. The first kappa shape index (κ1) is 13.8. The van der Waals surface area contributed by atoms with Gasteiger partial charge in [0.1, 0.15) is 0 Å². The fraction of sp³-hybridized carbons (Fsp3) is 1.00. The Morgan fingerprint density at radius 2 is 2.07 bits per heavy atom. The van der Waals surface area contributed by atoms with E-state index in [1.165, 1.54) is 0 Å². The van der Waals surface area contributed by atoms with Gasteiger partial charge in [0.25, 0.3) is 10.1 Å². The van der Waals surface area contributed by atoms with Crippen molar-refractivity contribution in [3.8, 4) is 0 Å². The van der Waals surface area contributed by atoms with Gasteiger partial charge in [0.05, 0.1) is 11.9 Å². The lowest BCUT2D eigenvalue weighted by molar-refractivity contribution is 0.161. The van der Waals surface area contributed by atoms with E-state index in [-0.39, 0.29) is 11.9 Å². The van der Waals surface area contributed by atoms with Gasteiger partial charge in [-0.25, -0.2) is 0 Å². The fourth-order valence-electron chi connectivity index (χ4n) is 1.08. The molecule has 0 saturated heterocycles. The van der Waals surface area contributed by atoms with Gasteiger partial charge in [-0.3, -0.25) is 4.55 Å². The molecule has 3 N–H and O–H groups in total. The highest BCUT2D eigenvalue weighted by Crippen LogP contribution is 1.94. The van der Waals surface area contributed by atoms with Crippen LogP contribution >= 0.6 is 0 Å². The summed E-state index contributed by atoms with van der Waals surface area (Å²) < 4.78 is 29.0. The molecule has 0 heterocycles. The van der Waals surface area contributed by atoms with Crippen molar-refractivity contribution in [3.63, 3.8) is 0 Å². The summed E-state index contributed by atoms with van der Waals surface area (Å²) in [7, 11) is -3.84. The second kappa shape index (κ2) is 7.17. The Kier molecular flexibility index (Phi) is 7.08. The maximum Gasteiger partial charge on any atom is 0.264 e. The molecule has 6 heteroatoms. The van der Waals surface area contributed by atoms with Crippen molar-refractivity contribution in [3.05, 3.63) is 0 Å². The van der Waals surface area contributed by atoms with Crippen molar-refractivity contribution < 1.29 is 18.1 Å².